The van der Waals surface area contributed by atoms with E-state index in [1.165, 1.54) is 0 Å². The summed E-state index contributed by atoms with van der Waals surface area (Å²) in [5.74, 6) is 2.27. The van der Waals surface area contributed by atoms with Gasteiger partial charge in [0.2, 0.25) is 0 Å². The molecule has 2 amide bonds. The van der Waals surface area contributed by atoms with Crippen molar-refractivity contribution in [2.45, 2.75) is 52.2 Å². The lowest BCUT2D eigenvalue weighted by Gasteiger charge is -2.28. The van der Waals surface area contributed by atoms with Crippen molar-refractivity contribution in [1.29, 1.82) is 0 Å². The molecule has 4 nitrogen and oxygen atoms in total. The highest BCUT2D eigenvalue weighted by Gasteiger charge is 2.22. The topological polar surface area (TPSA) is 61.4 Å². The maximum atomic E-state index is 11.8. The number of aliphatic hydroxyl groups excluding tert-OH is 1. The second kappa shape index (κ2) is 7.24. The Balaban J connectivity index is 2.23. The molecule has 1 saturated heterocycles. The van der Waals surface area contributed by atoms with Gasteiger partial charge < -0.3 is 15.7 Å². The van der Waals surface area contributed by atoms with Crippen molar-refractivity contribution in [2.24, 2.45) is 5.41 Å². The standard InChI is InChI=1S/C13H26N2O2S/c1-10(16)8-13(2,3)9-14-12(17)15-11-4-6-18-7-5-11/h10-11,16H,4-9H2,1-3H3,(H2,14,15,17)/t10-/m0/s1. The lowest BCUT2D eigenvalue weighted by molar-refractivity contribution is 0.128. The maximum Gasteiger partial charge on any atom is 0.315 e. The molecule has 0 unspecified atom stereocenters. The van der Waals surface area contributed by atoms with Gasteiger partial charge in [-0.2, -0.15) is 11.8 Å². The zero-order valence-electron chi connectivity index (χ0n) is 11.7. The largest absolute Gasteiger partial charge is 0.393 e. The van der Waals surface area contributed by atoms with E-state index in [1.54, 1.807) is 6.92 Å². The number of nitrogens with one attached hydrogen (secondary N) is 2. The molecule has 0 bridgehead atoms. The molecule has 0 radical (unpaired) electrons. The Morgan fingerprint density at radius 2 is 2.06 bits per heavy atom. The minimum absolute atomic E-state index is 0.0755. The Kier molecular flexibility index (Phi) is 6.29. The number of hydrogen-bond donors (Lipinski definition) is 3. The van der Waals surface area contributed by atoms with E-state index >= 15 is 0 Å². The van der Waals surface area contributed by atoms with E-state index in [-0.39, 0.29) is 17.6 Å². The lowest BCUT2D eigenvalue weighted by Crippen LogP contribution is -2.46. The van der Waals surface area contributed by atoms with E-state index in [4.69, 9.17) is 0 Å². The summed E-state index contributed by atoms with van der Waals surface area (Å²) < 4.78 is 0. The van der Waals surface area contributed by atoms with Gasteiger partial charge in [-0.15, -0.1) is 0 Å². The molecule has 0 aromatic rings. The van der Waals surface area contributed by atoms with Crippen LogP contribution in [0.25, 0.3) is 0 Å². The molecule has 0 spiro atoms. The van der Waals surface area contributed by atoms with Crippen molar-refractivity contribution in [3.8, 4) is 0 Å². The van der Waals surface area contributed by atoms with Crippen LogP contribution in [0, 0.1) is 5.41 Å². The van der Waals surface area contributed by atoms with E-state index in [2.05, 4.69) is 24.5 Å². The van der Waals surface area contributed by atoms with Crippen LogP contribution in [-0.2, 0) is 0 Å². The van der Waals surface area contributed by atoms with Crippen LogP contribution >= 0.6 is 11.8 Å². The summed E-state index contributed by atoms with van der Waals surface area (Å²) >= 11 is 1.95. The SMILES string of the molecule is C[C@H](O)CC(C)(C)CNC(=O)NC1CCSCC1. The van der Waals surface area contributed by atoms with Gasteiger partial charge in [-0.3, -0.25) is 0 Å². The van der Waals surface area contributed by atoms with Crippen LogP contribution in [0.5, 0.6) is 0 Å². The van der Waals surface area contributed by atoms with Crippen molar-refractivity contribution in [3.63, 3.8) is 0 Å². The number of carbonyl (C=O) groups is 1. The third kappa shape index (κ3) is 6.50. The summed E-state index contributed by atoms with van der Waals surface area (Å²) in [6, 6.07) is 0.247. The average Bonchev–Trinajstić information content (AvgIpc) is 2.26. The van der Waals surface area contributed by atoms with Gasteiger partial charge in [0.25, 0.3) is 0 Å². The van der Waals surface area contributed by atoms with Gasteiger partial charge in [-0.25, -0.2) is 4.79 Å². The van der Waals surface area contributed by atoms with E-state index in [9.17, 15) is 9.90 Å². The van der Waals surface area contributed by atoms with Crippen LogP contribution in [0.15, 0.2) is 0 Å². The minimum atomic E-state index is -0.333. The lowest BCUT2D eigenvalue weighted by atomic mass is 9.87. The number of urea groups is 1. The summed E-state index contributed by atoms with van der Waals surface area (Å²) in [6.45, 7) is 6.47. The van der Waals surface area contributed by atoms with Crippen molar-refractivity contribution in [2.75, 3.05) is 18.1 Å². The molecule has 106 valence electrons. The van der Waals surface area contributed by atoms with E-state index in [1.807, 2.05) is 11.8 Å². The van der Waals surface area contributed by atoms with Crippen molar-refractivity contribution in [1.82, 2.24) is 10.6 Å². The van der Waals surface area contributed by atoms with Crippen LogP contribution < -0.4 is 10.6 Å². The predicted octanol–water partition coefficient (Wildman–Crippen LogP) is 1.98. The Morgan fingerprint density at radius 3 is 2.61 bits per heavy atom. The molecule has 1 aliphatic rings. The highest BCUT2D eigenvalue weighted by atomic mass is 32.2. The van der Waals surface area contributed by atoms with E-state index in [0.29, 0.717) is 19.0 Å². The molecule has 0 aliphatic carbocycles. The highest BCUT2D eigenvalue weighted by molar-refractivity contribution is 7.99. The number of hydrogen-bond acceptors (Lipinski definition) is 3. The Labute approximate surface area is 114 Å². The fourth-order valence-corrected chi connectivity index (χ4v) is 3.38. The van der Waals surface area contributed by atoms with Crippen LogP contribution in [0.4, 0.5) is 4.79 Å². The summed E-state index contributed by atoms with van der Waals surface area (Å²) in [6.07, 6.45) is 2.48. The number of rotatable bonds is 5. The van der Waals surface area contributed by atoms with Gasteiger partial charge in [0.05, 0.1) is 6.10 Å². The molecule has 1 fully saturated rings. The number of thioether (sulfide) groups is 1. The van der Waals surface area contributed by atoms with Gasteiger partial charge in [-0.1, -0.05) is 13.8 Å². The Bertz CT molecular complexity index is 264. The molecule has 1 aliphatic heterocycles. The molecule has 0 saturated carbocycles. The number of carbonyl (C=O) groups excluding carboxylic acids is 1. The molecule has 3 N–H and O–H groups in total. The van der Waals surface area contributed by atoms with Crippen molar-refractivity contribution < 1.29 is 9.90 Å². The summed E-state index contributed by atoms with van der Waals surface area (Å²) in [5, 5.41) is 15.3. The molecular weight excluding hydrogens is 248 g/mol. The summed E-state index contributed by atoms with van der Waals surface area (Å²) in [5.41, 5.74) is -0.0755. The van der Waals surface area contributed by atoms with Crippen LogP contribution in [0.2, 0.25) is 0 Å². The minimum Gasteiger partial charge on any atom is -0.393 e. The molecule has 0 aromatic heterocycles. The third-order valence-electron chi connectivity index (χ3n) is 3.13. The molecule has 5 heteroatoms. The summed E-state index contributed by atoms with van der Waals surface area (Å²) in [4.78, 5) is 11.8. The van der Waals surface area contributed by atoms with Crippen LogP contribution in [0.3, 0.4) is 0 Å². The number of aliphatic hydroxyl groups is 1. The van der Waals surface area contributed by atoms with Crippen LogP contribution in [-0.4, -0.2) is 41.3 Å². The second-order valence-corrected chi connectivity index (χ2v) is 7.16. The Hall–Kier alpha value is -0.420. The molecule has 1 heterocycles. The van der Waals surface area contributed by atoms with E-state index in [0.717, 1.165) is 24.3 Å². The molecular formula is C13H26N2O2S. The molecule has 1 atom stereocenters. The van der Waals surface area contributed by atoms with Gasteiger partial charge >= 0.3 is 6.03 Å². The van der Waals surface area contributed by atoms with Crippen molar-refractivity contribution >= 4 is 17.8 Å². The first-order chi connectivity index (χ1) is 8.39. The zero-order chi connectivity index (χ0) is 13.6. The van der Waals surface area contributed by atoms with Gasteiger partial charge in [0.15, 0.2) is 0 Å². The molecule has 0 aromatic carbocycles. The van der Waals surface area contributed by atoms with Gasteiger partial charge in [0.1, 0.15) is 0 Å². The first kappa shape index (κ1) is 15.6. The fourth-order valence-electron chi connectivity index (χ4n) is 2.27. The normalized spacial score (nSPS) is 19.3. The van der Waals surface area contributed by atoms with E-state index < -0.39 is 0 Å². The van der Waals surface area contributed by atoms with Crippen molar-refractivity contribution in [3.05, 3.63) is 0 Å². The molecule has 18 heavy (non-hydrogen) atoms. The monoisotopic (exact) mass is 274 g/mol. The first-order valence-electron chi connectivity index (χ1n) is 6.69. The fraction of sp³-hybridized carbons (Fsp3) is 0.923. The predicted molar refractivity (Wildman–Crippen MR) is 77.0 cm³/mol. The molecule has 1 rings (SSSR count). The van der Waals surface area contributed by atoms with Gasteiger partial charge in [-0.05, 0) is 43.1 Å². The third-order valence-corrected chi connectivity index (χ3v) is 4.18. The second-order valence-electron chi connectivity index (χ2n) is 5.93. The summed E-state index contributed by atoms with van der Waals surface area (Å²) in [7, 11) is 0. The Morgan fingerprint density at radius 1 is 1.44 bits per heavy atom. The van der Waals surface area contributed by atoms with Gasteiger partial charge in [0, 0.05) is 12.6 Å². The quantitative estimate of drug-likeness (QED) is 0.718. The average molecular weight is 274 g/mol. The maximum absolute atomic E-state index is 11.8. The zero-order valence-corrected chi connectivity index (χ0v) is 12.5. The number of amides is 2. The first-order valence-corrected chi connectivity index (χ1v) is 7.85. The highest BCUT2D eigenvalue weighted by Crippen LogP contribution is 2.21. The smallest absolute Gasteiger partial charge is 0.315 e. The van der Waals surface area contributed by atoms with Crippen LogP contribution in [0.1, 0.15) is 40.0 Å².